The third-order valence-corrected chi connectivity index (χ3v) is 2.46. The van der Waals surface area contributed by atoms with Gasteiger partial charge in [-0.1, -0.05) is 0 Å². The Morgan fingerprint density at radius 1 is 1.53 bits per heavy atom. The number of likely N-dealkylation sites (N-methyl/N-ethyl adjacent to an activating group) is 2. The van der Waals surface area contributed by atoms with Crippen molar-refractivity contribution in [2.24, 2.45) is 0 Å². The third-order valence-electron chi connectivity index (χ3n) is 2.46. The zero-order chi connectivity index (χ0) is 11.3. The van der Waals surface area contributed by atoms with Crippen LogP contribution in [-0.2, 0) is 13.1 Å². The summed E-state index contributed by atoms with van der Waals surface area (Å²) in [5.74, 6) is 0. The summed E-state index contributed by atoms with van der Waals surface area (Å²) in [6, 6.07) is 2.17. The van der Waals surface area contributed by atoms with Gasteiger partial charge in [-0.05, 0) is 34.0 Å². The summed E-state index contributed by atoms with van der Waals surface area (Å²) < 4.78 is 2.07. The lowest BCUT2D eigenvalue weighted by Gasteiger charge is -2.16. The summed E-state index contributed by atoms with van der Waals surface area (Å²) in [5.41, 5.74) is 2.41. The largest absolute Gasteiger partial charge is 0.318 e. The van der Waals surface area contributed by atoms with E-state index in [0.29, 0.717) is 0 Å². The zero-order valence-electron chi connectivity index (χ0n) is 10.2. The second-order valence-electron chi connectivity index (χ2n) is 3.93. The number of aromatic nitrogens is 2. The maximum absolute atomic E-state index is 4.44. The molecule has 1 aromatic rings. The molecule has 0 radical (unpaired) electrons. The van der Waals surface area contributed by atoms with Gasteiger partial charge in [0.05, 0.1) is 11.4 Å². The predicted molar refractivity (Wildman–Crippen MR) is 62.9 cm³/mol. The first-order chi connectivity index (χ1) is 7.17. The van der Waals surface area contributed by atoms with Crippen LogP contribution >= 0.6 is 0 Å². The molecular formula is C11H22N4. The van der Waals surface area contributed by atoms with E-state index in [9.17, 15) is 0 Å². The van der Waals surface area contributed by atoms with Gasteiger partial charge < -0.3 is 5.32 Å². The molecule has 0 fully saturated rings. The molecule has 1 heterocycles. The van der Waals surface area contributed by atoms with Crippen molar-refractivity contribution in [3.8, 4) is 0 Å². The van der Waals surface area contributed by atoms with Crippen molar-refractivity contribution in [2.45, 2.75) is 26.9 Å². The van der Waals surface area contributed by atoms with Gasteiger partial charge in [0, 0.05) is 26.2 Å². The molecule has 15 heavy (non-hydrogen) atoms. The molecule has 0 atom stereocenters. The number of rotatable bonds is 6. The molecule has 1 aromatic heterocycles. The van der Waals surface area contributed by atoms with Crippen LogP contribution in [-0.4, -0.2) is 41.9 Å². The Morgan fingerprint density at radius 3 is 2.87 bits per heavy atom. The molecule has 4 nitrogen and oxygen atoms in total. The van der Waals surface area contributed by atoms with Gasteiger partial charge in [0.2, 0.25) is 0 Å². The van der Waals surface area contributed by atoms with Gasteiger partial charge in [0.1, 0.15) is 0 Å². The van der Waals surface area contributed by atoms with Gasteiger partial charge in [-0.15, -0.1) is 0 Å². The zero-order valence-corrected chi connectivity index (χ0v) is 10.2. The summed E-state index contributed by atoms with van der Waals surface area (Å²) in [6.07, 6.45) is 0. The third kappa shape index (κ3) is 3.64. The highest BCUT2D eigenvalue weighted by Gasteiger charge is 2.06. The number of hydrogen-bond acceptors (Lipinski definition) is 3. The van der Waals surface area contributed by atoms with E-state index in [4.69, 9.17) is 0 Å². The fraction of sp³-hybridized carbons (Fsp3) is 0.727. The first kappa shape index (κ1) is 12.2. The first-order valence-corrected chi connectivity index (χ1v) is 5.53. The van der Waals surface area contributed by atoms with Crippen molar-refractivity contribution in [3.05, 3.63) is 17.5 Å². The Kier molecular flexibility index (Phi) is 4.78. The average Bonchev–Trinajstić information content (AvgIpc) is 2.55. The van der Waals surface area contributed by atoms with Crippen molar-refractivity contribution in [1.29, 1.82) is 0 Å². The van der Waals surface area contributed by atoms with E-state index < -0.39 is 0 Å². The minimum atomic E-state index is 0.947. The minimum Gasteiger partial charge on any atom is -0.318 e. The molecule has 86 valence electrons. The Bertz CT molecular complexity index is 293. The van der Waals surface area contributed by atoms with Gasteiger partial charge >= 0.3 is 0 Å². The lowest BCUT2D eigenvalue weighted by molar-refractivity contribution is 0.316. The fourth-order valence-corrected chi connectivity index (χ4v) is 1.66. The number of nitrogens with zero attached hydrogens (tertiary/aromatic N) is 3. The van der Waals surface area contributed by atoms with E-state index >= 15 is 0 Å². The highest BCUT2D eigenvalue weighted by molar-refractivity contribution is 5.08. The van der Waals surface area contributed by atoms with Gasteiger partial charge in [-0.3, -0.25) is 9.58 Å². The maximum Gasteiger partial charge on any atom is 0.0597 e. The average molecular weight is 210 g/mol. The molecule has 0 aliphatic heterocycles. The van der Waals surface area contributed by atoms with Gasteiger partial charge in [-0.25, -0.2) is 0 Å². The lowest BCUT2D eigenvalue weighted by atomic mass is 10.3. The van der Waals surface area contributed by atoms with E-state index in [1.54, 1.807) is 0 Å². The van der Waals surface area contributed by atoms with E-state index in [1.165, 1.54) is 5.69 Å². The second-order valence-corrected chi connectivity index (χ2v) is 3.93. The van der Waals surface area contributed by atoms with E-state index in [-0.39, 0.29) is 0 Å². The highest BCUT2D eigenvalue weighted by Crippen LogP contribution is 2.06. The van der Waals surface area contributed by atoms with Gasteiger partial charge in [-0.2, -0.15) is 5.10 Å². The molecule has 0 saturated heterocycles. The van der Waals surface area contributed by atoms with Gasteiger partial charge in [0.25, 0.3) is 0 Å². The molecule has 0 spiro atoms. The quantitative estimate of drug-likeness (QED) is 0.756. The van der Waals surface area contributed by atoms with Crippen LogP contribution in [0.2, 0.25) is 0 Å². The molecular weight excluding hydrogens is 188 g/mol. The van der Waals surface area contributed by atoms with Crippen molar-refractivity contribution >= 4 is 0 Å². The normalized spacial score (nSPS) is 11.3. The fourth-order valence-electron chi connectivity index (χ4n) is 1.66. The Balaban J connectivity index is 2.54. The molecule has 0 aliphatic carbocycles. The predicted octanol–water partition coefficient (Wildman–Crippen LogP) is 0.863. The van der Waals surface area contributed by atoms with Gasteiger partial charge in [0.15, 0.2) is 0 Å². The second kappa shape index (κ2) is 5.88. The van der Waals surface area contributed by atoms with Crippen molar-refractivity contribution in [1.82, 2.24) is 20.0 Å². The SMILES string of the molecule is CCn1nc(C)cc1CN(C)CCNC. The molecule has 0 saturated carbocycles. The highest BCUT2D eigenvalue weighted by atomic mass is 15.3. The number of hydrogen-bond donors (Lipinski definition) is 1. The number of aryl methyl sites for hydroxylation is 2. The summed E-state index contributed by atoms with van der Waals surface area (Å²) >= 11 is 0. The standard InChI is InChI=1S/C11H22N4/c1-5-15-11(8-10(2)13-15)9-14(4)7-6-12-3/h8,12H,5-7,9H2,1-4H3. The van der Waals surface area contributed by atoms with Crippen molar-refractivity contribution < 1.29 is 0 Å². The maximum atomic E-state index is 4.44. The van der Waals surface area contributed by atoms with Crippen LogP contribution in [0.15, 0.2) is 6.07 Å². The monoisotopic (exact) mass is 210 g/mol. The summed E-state index contributed by atoms with van der Waals surface area (Å²) in [5, 5.41) is 7.59. The van der Waals surface area contributed by atoms with Crippen LogP contribution in [0.3, 0.4) is 0 Å². The minimum absolute atomic E-state index is 0.947. The Labute approximate surface area is 92.3 Å². The van der Waals surface area contributed by atoms with Crippen LogP contribution in [0.5, 0.6) is 0 Å². The molecule has 0 unspecified atom stereocenters. The number of nitrogens with one attached hydrogen (secondary N) is 1. The van der Waals surface area contributed by atoms with Crippen molar-refractivity contribution in [3.63, 3.8) is 0 Å². The molecule has 0 aromatic carbocycles. The molecule has 4 heteroatoms. The summed E-state index contributed by atoms with van der Waals surface area (Å²) in [4.78, 5) is 2.30. The topological polar surface area (TPSA) is 33.1 Å². The summed E-state index contributed by atoms with van der Waals surface area (Å²) in [6.45, 7) is 8.17. The Morgan fingerprint density at radius 2 is 2.27 bits per heavy atom. The van der Waals surface area contributed by atoms with Crippen LogP contribution in [0.25, 0.3) is 0 Å². The molecule has 1 rings (SSSR count). The van der Waals surface area contributed by atoms with Crippen LogP contribution < -0.4 is 5.32 Å². The van der Waals surface area contributed by atoms with Crippen LogP contribution in [0.4, 0.5) is 0 Å². The molecule has 0 bridgehead atoms. The molecule has 1 N–H and O–H groups in total. The molecule has 0 amide bonds. The first-order valence-electron chi connectivity index (χ1n) is 5.53. The molecule has 0 aliphatic rings. The van der Waals surface area contributed by atoms with Crippen LogP contribution in [0, 0.1) is 6.92 Å². The van der Waals surface area contributed by atoms with E-state index in [1.807, 2.05) is 14.0 Å². The van der Waals surface area contributed by atoms with E-state index in [0.717, 1.165) is 31.9 Å². The van der Waals surface area contributed by atoms with Crippen molar-refractivity contribution in [2.75, 3.05) is 27.2 Å². The lowest BCUT2D eigenvalue weighted by Crippen LogP contribution is -2.27. The smallest absolute Gasteiger partial charge is 0.0597 e. The van der Waals surface area contributed by atoms with E-state index in [2.05, 4.69) is 40.0 Å². The van der Waals surface area contributed by atoms with Crippen LogP contribution in [0.1, 0.15) is 18.3 Å². The summed E-state index contributed by atoms with van der Waals surface area (Å²) in [7, 11) is 4.12. The Hall–Kier alpha value is -0.870.